The summed E-state index contributed by atoms with van der Waals surface area (Å²) in [6.45, 7) is 7.92. The molecule has 1 aromatic carbocycles. The molecule has 0 fully saturated rings. The van der Waals surface area contributed by atoms with Crippen molar-refractivity contribution in [3.63, 3.8) is 0 Å². The molecular formula is C17H19N5S. The Labute approximate surface area is 139 Å². The molecule has 6 heteroatoms. The molecule has 2 aromatic heterocycles. The molecule has 0 saturated heterocycles. The lowest BCUT2D eigenvalue weighted by Gasteiger charge is -2.27. The molecule has 0 radical (unpaired) electrons. The second kappa shape index (κ2) is 5.86. The molecule has 0 saturated carbocycles. The third-order valence-electron chi connectivity index (χ3n) is 4.30. The molecule has 0 unspecified atom stereocenters. The Kier molecular flexibility index (Phi) is 3.71. The third-order valence-corrected chi connectivity index (χ3v) is 5.49. The van der Waals surface area contributed by atoms with Gasteiger partial charge in [0, 0.05) is 30.1 Å². The maximum absolute atomic E-state index is 4.75. The van der Waals surface area contributed by atoms with Gasteiger partial charge in [-0.3, -0.25) is 4.90 Å². The van der Waals surface area contributed by atoms with Gasteiger partial charge in [0.05, 0.1) is 12.2 Å². The van der Waals surface area contributed by atoms with Crippen LogP contribution in [0.3, 0.4) is 0 Å². The van der Waals surface area contributed by atoms with Gasteiger partial charge >= 0.3 is 0 Å². The van der Waals surface area contributed by atoms with Gasteiger partial charge in [-0.25, -0.2) is 4.98 Å². The first-order chi connectivity index (χ1) is 11.2. The smallest absolute Gasteiger partial charge is 0.147 e. The fourth-order valence-corrected chi connectivity index (χ4v) is 4.08. The van der Waals surface area contributed by atoms with Gasteiger partial charge in [0.15, 0.2) is 0 Å². The minimum absolute atomic E-state index is 0.860. The molecule has 0 bridgehead atoms. The molecule has 0 spiro atoms. The minimum Gasteiger partial charge on any atom is -0.313 e. The van der Waals surface area contributed by atoms with Gasteiger partial charge in [0.25, 0.3) is 0 Å². The summed E-state index contributed by atoms with van der Waals surface area (Å²) >= 11 is 1.80. The van der Waals surface area contributed by atoms with E-state index < -0.39 is 0 Å². The first kappa shape index (κ1) is 14.5. The van der Waals surface area contributed by atoms with Crippen molar-refractivity contribution in [2.24, 2.45) is 0 Å². The Balaban J connectivity index is 1.53. The number of benzene rings is 1. The van der Waals surface area contributed by atoms with E-state index in [4.69, 9.17) is 4.98 Å². The molecule has 0 atom stereocenters. The van der Waals surface area contributed by atoms with Crippen LogP contribution in [0.15, 0.2) is 30.3 Å². The molecule has 4 rings (SSSR count). The highest BCUT2D eigenvalue weighted by molar-refractivity contribution is 7.15. The molecule has 1 aliphatic rings. The van der Waals surface area contributed by atoms with Gasteiger partial charge in [-0.15, -0.1) is 21.5 Å². The van der Waals surface area contributed by atoms with Crippen molar-refractivity contribution >= 4 is 11.3 Å². The van der Waals surface area contributed by atoms with E-state index in [-0.39, 0.29) is 0 Å². The maximum Gasteiger partial charge on any atom is 0.147 e. The molecule has 118 valence electrons. The quantitative estimate of drug-likeness (QED) is 0.742. The van der Waals surface area contributed by atoms with Crippen molar-refractivity contribution < 1.29 is 0 Å². The highest BCUT2D eigenvalue weighted by Gasteiger charge is 2.21. The first-order valence-electron chi connectivity index (χ1n) is 7.83. The number of aryl methyl sites for hydroxylation is 2. The van der Waals surface area contributed by atoms with E-state index in [2.05, 4.69) is 50.9 Å². The van der Waals surface area contributed by atoms with Crippen molar-refractivity contribution in [1.82, 2.24) is 24.6 Å². The van der Waals surface area contributed by atoms with Crippen molar-refractivity contribution in [2.45, 2.75) is 33.5 Å². The van der Waals surface area contributed by atoms with E-state index in [0.717, 1.165) is 48.5 Å². The first-order valence-corrected chi connectivity index (χ1v) is 8.65. The van der Waals surface area contributed by atoms with Gasteiger partial charge < -0.3 is 4.57 Å². The molecular weight excluding hydrogens is 306 g/mol. The monoisotopic (exact) mass is 325 g/mol. The fourth-order valence-electron chi connectivity index (χ4n) is 2.97. The third kappa shape index (κ3) is 2.80. The number of fused-ring (bicyclic) bond motifs is 1. The van der Waals surface area contributed by atoms with Crippen LogP contribution in [0.25, 0.3) is 10.6 Å². The number of thiazole rings is 1. The Morgan fingerprint density at radius 1 is 1.09 bits per heavy atom. The Hall–Kier alpha value is -2.05. The number of hydrogen-bond donors (Lipinski definition) is 0. The highest BCUT2D eigenvalue weighted by Crippen LogP contribution is 2.29. The van der Waals surface area contributed by atoms with Crippen molar-refractivity contribution in [3.8, 4) is 10.6 Å². The van der Waals surface area contributed by atoms with E-state index >= 15 is 0 Å². The summed E-state index contributed by atoms with van der Waals surface area (Å²) in [7, 11) is 0. The zero-order valence-corrected chi connectivity index (χ0v) is 14.2. The van der Waals surface area contributed by atoms with Crippen LogP contribution < -0.4 is 0 Å². The largest absolute Gasteiger partial charge is 0.313 e. The van der Waals surface area contributed by atoms with Crippen molar-refractivity contribution in [2.75, 3.05) is 6.54 Å². The summed E-state index contributed by atoms with van der Waals surface area (Å²) in [5.41, 5.74) is 2.33. The van der Waals surface area contributed by atoms with E-state index in [0.29, 0.717) is 0 Å². The highest BCUT2D eigenvalue weighted by atomic mass is 32.1. The standard InChI is InChI=1S/C17H19N5S/c1-12-15(23-17(18-12)14-6-4-3-5-7-14)10-21-8-9-22-13(2)19-20-16(22)11-21/h3-7H,8-11H2,1-2H3. The van der Waals surface area contributed by atoms with Crippen LogP contribution in [0.2, 0.25) is 0 Å². The maximum atomic E-state index is 4.75. The normalized spacial score (nSPS) is 14.9. The molecule has 5 nitrogen and oxygen atoms in total. The van der Waals surface area contributed by atoms with E-state index in [9.17, 15) is 0 Å². The fraction of sp³-hybridized carbons (Fsp3) is 0.353. The molecule has 0 N–H and O–H groups in total. The van der Waals surface area contributed by atoms with Crippen molar-refractivity contribution in [1.29, 1.82) is 0 Å². The predicted molar refractivity (Wildman–Crippen MR) is 91.2 cm³/mol. The second-order valence-corrected chi connectivity index (χ2v) is 7.00. The van der Waals surface area contributed by atoms with E-state index in [1.54, 1.807) is 11.3 Å². The Morgan fingerprint density at radius 2 is 1.91 bits per heavy atom. The van der Waals surface area contributed by atoms with Gasteiger partial charge in [-0.2, -0.15) is 0 Å². The molecule has 3 aromatic rings. The zero-order chi connectivity index (χ0) is 15.8. The lowest BCUT2D eigenvalue weighted by molar-refractivity contribution is 0.209. The van der Waals surface area contributed by atoms with Crippen LogP contribution in [-0.2, 0) is 19.6 Å². The summed E-state index contributed by atoms with van der Waals surface area (Å²) in [6, 6.07) is 10.4. The summed E-state index contributed by atoms with van der Waals surface area (Å²) < 4.78 is 2.21. The van der Waals surface area contributed by atoms with Crippen LogP contribution in [0.1, 0.15) is 22.2 Å². The van der Waals surface area contributed by atoms with E-state index in [1.165, 1.54) is 10.4 Å². The van der Waals surface area contributed by atoms with Crippen LogP contribution in [0.4, 0.5) is 0 Å². The molecule has 3 heterocycles. The number of aromatic nitrogens is 4. The average Bonchev–Trinajstić information content (AvgIpc) is 3.12. The van der Waals surface area contributed by atoms with Crippen LogP contribution in [0.5, 0.6) is 0 Å². The zero-order valence-electron chi connectivity index (χ0n) is 13.4. The molecule has 0 aliphatic carbocycles. The molecule has 1 aliphatic heterocycles. The topological polar surface area (TPSA) is 46.8 Å². The Morgan fingerprint density at radius 3 is 2.74 bits per heavy atom. The minimum atomic E-state index is 0.860. The van der Waals surface area contributed by atoms with Gasteiger partial charge in [0.2, 0.25) is 0 Å². The number of nitrogens with zero attached hydrogens (tertiary/aromatic N) is 5. The SMILES string of the molecule is Cc1nc(-c2ccccc2)sc1CN1CCn2c(C)nnc2C1. The van der Waals surface area contributed by atoms with E-state index in [1.807, 2.05) is 13.0 Å². The van der Waals surface area contributed by atoms with Crippen LogP contribution in [0, 0.1) is 13.8 Å². The summed E-state index contributed by atoms with van der Waals surface area (Å²) in [5.74, 6) is 2.08. The van der Waals surface area contributed by atoms with Gasteiger partial charge in [-0.1, -0.05) is 30.3 Å². The summed E-state index contributed by atoms with van der Waals surface area (Å²) in [5, 5.41) is 9.57. The summed E-state index contributed by atoms with van der Waals surface area (Å²) in [4.78, 5) is 8.52. The van der Waals surface area contributed by atoms with Crippen molar-refractivity contribution in [3.05, 3.63) is 52.6 Å². The Bertz CT molecular complexity index is 821. The lowest BCUT2D eigenvalue weighted by atomic mass is 10.2. The van der Waals surface area contributed by atoms with Gasteiger partial charge in [-0.05, 0) is 13.8 Å². The predicted octanol–water partition coefficient (Wildman–Crippen LogP) is 3.03. The van der Waals surface area contributed by atoms with Gasteiger partial charge in [0.1, 0.15) is 16.7 Å². The summed E-state index contributed by atoms with van der Waals surface area (Å²) in [6.07, 6.45) is 0. The lowest BCUT2D eigenvalue weighted by Crippen LogP contribution is -2.33. The van der Waals surface area contributed by atoms with Crippen LogP contribution >= 0.6 is 11.3 Å². The second-order valence-electron chi connectivity index (χ2n) is 5.92. The molecule has 23 heavy (non-hydrogen) atoms. The average molecular weight is 325 g/mol. The molecule has 0 amide bonds. The number of hydrogen-bond acceptors (Lipinski definition) is 5. The number of rotatable bonds is 3. The van der Waals surface area contributed by atoms with Crippen LogP contribution in [-0.4, -0.2) is 31.2 Å².